The summed E-state index contributed by atoms with van der Waals surface area (Å²) < 4.78 is 41.6. The van der Waals surface area contributed by atoms with Gasteiger partial charge in [0.1, 0.15) is 16.4 Å². The first kappa shape index (κ1) is 18.9. The number of carbonyl (C=O) groups is 1. The third-order valence-corrected chi connectivity index (χ3v) is 4.42. The molecule has 5 nitrogen and oxygen atoms in total. The standard InChI is InChI=1S/C18H20FNO4S/c1-25(22,23)12-11-18(21)20-16(14-7-3-2-4-8-14)13-24-17-10-6-5-9-15(17)19/h2-10,16H,11-13H2,1H3,(H,20,21). The maximum absolute atomic E-state index is 13.7. The molecule has 1 atom stereocenters. The minimum Gasteiger partial charge on any atom is -0.488 e. The van der Waals surface area contributed by atoms with Crippen LogP contribution >= 0.6 is 0 Å². The van der Waals surface area contributed by atoms with Crippen molar-refractivity contribution in [2.75, 3.05) is 18.6 Å². The van der Waals surface area contributed by atoms with Crippen molar-refractivity contribution in [2.45, 2.75) is 12.5 Å². The summed E-state index contributed by atoms with van der Waals surface area (Å²) in [6.07, 6.45) is 0.943. The maximum atomic E-state index is 13.7. The molecule has 1 N–H and O–H groups in total. The van der Waals surface area contributed by atoms with Gasteiger partial charge >= 0.3 is 0 Å². The van der Waals surface area contributed by atoms with Crippen LogP contribution in [-0.2, 0) is 14.6 Å². The first-order valence-corrected chi connectivity index (χ1v) is 9.80. The molecule has 0 aliphatic carbocycles. The van der Waals surface area contributed by atoms with E-state index in [9.17, 15) is 17.6 Å². The van der Waals surface area contributed by atoms with Gasteiger partial charge in [0.15, 0.2) is 11.6 Å². The summed E-state index contributed by atoms with van der Waals surface area (Å²) in [5, 5.41) is 2.74. The first-order chi connectivity index (χ1) is 11.8. The zero-order chi connectivity index (χ0) is 18.3. The van der Waals surface area contributed by atoms with E-state index in [1.54, 1.807) is 12.1 Å². The molecular formula is C18H20FNO4S. The number of ether oxygens (including phenoxy) is 1. The molecule has 0 aliphatic heterocycles. The van der Waals surface area contributed by atoms with Crippen LogP contribution in [0.1, 0.15) is 18.0 Å². The monoisotopic (exact) mass is 365 g/mol. The lowest BCUT2D eigenvalue weighted by molar-refractivity contribution is -0.121. The molecule has 2 rings (SSSR count). The largest absolute Gasteiger partial charge is 0.488 e. The molecule has 0 fully saturated rings. The van der Waals surface area contributed by atoms with E-state index in [2.05, 4.69) is 5.32 Å². The van der Waals surface area contributed by atoms with E-state index in [4.69, 9.17) is 4.74 Å². The van der Waals surface area contributed by atoms with Crippen molar-refractivity contribution >= 4 is 15.7 Å². The van der Waals surface area contributed by atoms with Crippen LogP contribution in [0.4, 0.5) is 4.39 Å². The number of hydrogen-bond donors (Lipinski definition) is 1. The van der Waals surface area contributed by atoms with Crippen LogP contribution in [-0.4, -0.2) is 32.9 Å². The Labute approximate surface area is 146 Å². The van der Waals surface area contributed by atoms with Gasteiger partial charge in [0.2, 0.25) is 5.91 Å². The number of carbonyl (C=O) groups excluding carboxylic acids is 1. The fourth-order valence-corrected chi connectivity index (χ4v) is 2.74. The number of benzene rings is 2. The Morgan fingerprint density at radius 2 is 1.76 bits per heavy atom. The molecule has 2 aromatic carbocycles. The van der Waals surface area contributed by atoms with Gasteiger partial charge in [0, 0.05) is 12.7 Å². The van der Waals surface area contributed by atoms with E-state index in [0.717, 1.165) is 11.8 Å². The van der Waals surface area contributed by atoms with Crippen LogP contribution in [0.25, 0.3) is 0 Å². The molecule has 0 aliphatic rings. The molecule has 0 aromatic heterocycles. The summed E-state index contributed by atoms with van der Waals surface area (Å²) in [7, 11) is -3.22. The molecule has 0 heterocycles. The molecule has 0 radical (unpaired) electrons. The predicted molar refractivity (Wildman–Crippen MR) is 93.5 cm³/mol. The van der Waals surface area contributed by atoms with Gasteiger partial charge in [0.25, 0.3) is 0 Å². The van der Waals surface area contributed by atoms with Gasteiger partial charge in [-0.1, -0.05) is 42.5 Å². The van der Waals surface area contributed by atoms with E-state index >= 15 is 0 Å². The third-order valence-electron chi connectivity index (χ3n) is 3.48. The van der Waals surface area contributed by atoms with Crippen LogP contribution < -0.4 is 10.1 Å². The van der Waals surface area contributed by atoms with Crippen LogP contribution in [0.5, 0.6) is 5.75 Å². The summed E-state index contributed by atoms with van der Waals surface area (Å²) in [6, 6.07) is 14.6. The molecule has 1 amide bonds. The van der Waals surface area contributed by atoms with Crippen molar-refractivity contribution < 1.29 is 22.3 Å². The fourth-order valence-electron chi connectivity index (χ4n) is 2.19. The fraction of sp³-hybridized carbons (Fsp3) is 0.278. The van der Waals surface area contributed by atoms with Gasteiger partial charge < -0.3 is 10.1 Å². The second-order valence-electron chi connectivity index (χ2n) is 5.65. The molecule has 134 valence electrons. The Morgan fingerprint density at radius 1 is 1.12 bits per heavy atom. The highest BCUT2D eigenvalue weighted by molar-refractivity contribution is 7.90. The zero-order valence-electron chi connectivity index (χ0n) is 13.8. The minimum atomic E-state index is -3.22. The van der Waals surface area contributed by atoms with Gasteiger partial charge in [-0.2, -0.15) is 0 Å². The molecule has 2 aromatic rings. The number of hydrogen-bond acceptors (Lipinski definition) is 4. The molecule has 0 bridgehead atoms. The second kappa shape index (κ2) is 8.62. The molecule has 25 heavy (non-hydrogen) atoms. The third kappa shape index (κ3) is 6.54. The van der Waals surface area contributed by atoms with E-state index in [1.807, 2.05) is 30.3 Å². The number of sulfone groups is 1. The smallest absolute Gasteiger partial charge is 0.221 e. The Balaban J connectivity index is 2.06. The lowest BCUT2D eigenvalue weighted by atomic mass is 10.1. The quantitative estimate of drug-likeness (QED) is 0.780. The van der Waals surface area contributed by atoms with Gasteiger partial charge in [-0.25, -0.2) is 12.8 Å². The number of nitrogens with one attached hydrogen (secondary N) is 1. The van der Waals surface area contributed by atoms with Crippen molar-refractivity contribution in [2.24, 2.45) is 0 Å². The zero-order valence-corrected chi connectivity index (χ0v) is 14.6. The van der Waals surface area contributed by atoms with E-state index in [1.165, 1.54) is 12.1 Å². The van der Waals surface area contributed by atoms with Gasteiger partial charge in [0.05, 0.1) is 11.8 Å². The summed E-state index contributed by atoms with van der Waals surface area (Å²) in [4.78, 5) is 12.0. The lowest BCUT2D eigenvalue weighted by Gasteiger charge is -2.20. The minimum absolute atomic E-state index is 0.0234. The number of halogens is 1. The Bertz CT molecular complexity index is 809. The summed E-state index contributed by atoms with van der Waals surface area (Å²) in [6.45, 7) is 0.0234. The molecule has 7 heteroatoms. The molecule has 0 spiro atoms. The van der Waals surface area contributed by atoms with Crippen LogP contribution in [0.2, 0.25) is 0 Å². The Kier molecular flexibility index (Phi) is 6.52. The normalized spacial score (nSPS) is 12.4. The molecule has 1 unspecified atom stereocenters. The van der Waals surface area contributed by atoms with Crippen LogP contribution in [0.15, 0.2) is 54.6 Å². The van der Waals surface area contributed by atoms with Crippen LogP contribution in [0, 0.1) is 5.82 Å². The number of rotatable bonds is 8. The summed E-state index contributed by atoms with van der Waals surface area (Å²) in [5.41, 5.74) is 0.784. The van der Waals surface area contributed by atoms with Gasteiger partial charge in [-0.15, -0.1) is 0 Å². The summed E-state index contributed by atoms with van der Waals surface area (Å²) in [5.74, 6) is -1.03. The average molecular weight is 365 g/mol. The maximum Gasteiger partial charge on any atom is 0.221 e. The Hall–Kier alpha value is -2.41. The highest BCUT2D eigenvalue weighted by Gasteiger charge is 2.17. The van der Waals surface area contributed by atoms with Gasteiger partial charge in [-0.05, 0) is 17.7 Å². The highest BCUT2D eigenvalue weighted by Crippen LogP contribution is 2.19. The molecular weight excluding hydrogens is 345 g/mol. The average Bonchev–Trinajstić information content (AvgIpc) is 2.58. The Morgan fingerprint density at radius 3 is 2.40 bits per heavy atom. The van der Waals surface area contributed by atoms with Crippen molar-refractivity contribution in [3.8, 4) is 5.75 Å². The summed E-state index contributed by atoms with van der Waals surface area (Å²) >= 11 is 0. The molecule has 0 saturated carbocycles. The van der Waals surface area contributed by atoms with E-state index in [-0.39, 0.29) is 24.5 Å². The number of para-hydroxylation sites is 1. The lowest BCUT2D eigenvalue weighted by Crippen LogP contribution is -2.33. The number of amides is 1. The van der Waals surface area contributed by atoms with E-state index < -0.39 is 27.6 Å². The predicted octanol–water partition coefficient (Wildman–Crippen LogP) is 2.50. The van der Waals surface area contributed by atoms with Crippen molar-refractivity contribution in [1.82, 2.24) is 5.32 Å². The van der Waals surface area contributed by atoms with Crippen molar-refractivity contribution in [3.05, 3.63) is 66.0 Å². The highest BCUT2D eigenvalue weighted by atomic mass is 32.2. The topological polar surface area (TPSA) is 72.5 Å². The SMILES string of the molecule is CS(=O)(=O)CCC(=O)NC(COc1ccccc1F)c1ccccc1. The van der Waals surface area contributed by atoms with Crippen LogP contribution in [0.3, 0.4) is 0 Å². The molecule has 0 saturated heterocycles. The van der Waals surface area contributed by atoms with Crippen molar-refractivity contribution in [3.63, 3.8) is 0 Å². The van der Waals surface area contributed by atoms with E-state index in [0.29, 0.717) is 0 Å². The van der Waals surface area contributed by atoms with Crippen molar-refractivity contribution in [1.29, 1.82) is 0 Å². The second-order valence-corrected chi connectivity index (χ2v) is 7.91. The van der Waals surface area contributed by atoms with Gasteiger partial charge in [-0.3, -0.25) is 4.79 Å². The first-order valence-electron chi connectivity index (χ1n) is 7.74.